The molecule has 17 nitrogen and oxygen atoms in total. The summed E-state index contributed by atoms with van der Waals surface area (Å²) < 4.78 is 0. The van der Waals surface area contributed by atoms with Gasteiger partial charge in [-0.3, -0.25) is 28.8 Å². The van der Waals surface area contributed by atoms with Crippen molar-refractivity contribution in [2.75, 3.05) is 13.1 Å². The van der Waals surface area contributed by atoms with Crippen molar-refractivity contribution in [1.82, 2.24) is 26.2 Å². The Balaban J connectivity index is 3.19. The third-order valence-electron chi connectivity index (χ3n) is 7.24. The highest BCUT2D eigenvalue weighted by molar-refractivity contribution is 5.97. The number of carbonyl (C=O) groups is 7. The molecule has 0 bridgehead atoms. The van der Waals surface area contributed by atoms with Gasteiger partial charge in [-0.2, -0.15) is 0 Å². The number of aliphatic hydroxyl groups excluding tert-OH is 1. The van der Waals surface area contributed by atoms with Crippen LogP contribution in [0.25, 0.3) is 0 Å². The van der Waals surface area contributed by atoms with Crippen molar-refractivity contribution in [3.8, 4) is 0 Å². The second-order valence-corrected chi connectivity index (χ2v) is 11.8. The highest BCUT2D eigenvalue weighted by atomic mass is 16.4. The van der Waals surface area contributed by atoms with E-state index in [-0.39, 0.29) is 31.7 Å². The van der Waals surface area contributed by atoms with Gasteiger partial charge in [-0.1, -0.05) is 13.8 Å². The van der Waals surface area contributed by atoms with Crippen LogP contribution in [0.4, 0.5) is 0 Å². The van der Waals surface area contributed by atoms with Crippen molar-refractivity contribution in [3.63, 3.8) is 0 Å². The number of carboxylic acid groups (broad SMARTS) is 1. The maximum Gasteiger partial charge on any atom is 0.328 e. The Morgan fingerprint density at radius 2 is 1.47 bits per heavy atom. The van der Waals surface area contributed by atoms with Crippen LogP contribution in [-0.2, 0) is 33.6 Å². The van der Waals surface area contributed by atoms with Gasteiger partial charge in [-0.25, -0.2) is 4.79 Å². The summed E-state index contributed by atoms with van der Waals surface area (Å²) in [4.78, 5) is 90.0. The first-order chi connectivity index (χ1) is 21.0. The third-order valence-corrected chi connectivity index (χ3v) is 7.24. The fourth-order valence-electron chi connectivity index (χ4n) is 4.85. The van der Waals surface area contributed by atoms with Gasteiger partial charge in [0.15, 0.2) is 6.04 Å². The lowest BCUT2D eigenvalue weighted by Gasteiger charge is -2.31. The quantitative estimate of drug-likeness (QED) is 0.0632. The zero-order valence-electron chi connectivity index (χ0n) is 26.4. The number of amides is 6. The first-order valence-corrected chi connectivity index (χ1v) is 15.2. The van der Waals surface area contributed by atoms with Crippen LogP contribution in [0.3, 0.4) is 0 Å². The SMILES string of the molecule is CC(C)C[C@H](NC(=O)[C@H](C)N)C(=O)N[C@@H](CCCCN)C(=O)N1CCC[C@H]1C(=O)N[C@@H](CC(N)=O)C(=O)N[C@H](C(=O)O)[C@@H](C)O. The Morgan fingerprint density at radius 1 is 0.867 bits per heavy atom. The molecule has 1 aliphatic rings. The topological polar surface area (TPSA) is 289 Å². The van der Waals surface area contributed by atoms with E-state index in [4.69, 9.17) is 17.2 Å². The van der Waals surface area contributed by atoms with E-state index in [9.17, 15) is 43.8 Å². The molecule has 256 valence electrons. The molecule has 1 fully saturated rings. The number of carbonyl (C=O) groups excluding carboxylic acids is 6. The number of primary amides is 1. The predicted molar refractivity (Wildman–Crippen MR) is 162 cm³/mol. The summed E-state index contributed by atoms with van der Waals surface area (Å²) in [5.41, 5.74) is 16.5. The molecule has 1 heterocycles. The Bertz CT molecular complexity index is 1070. The lowest BCUT2D eigenvalue weighted by Crippen LogP contribution is -2.59. The molecule has 0 radical (unpaired) electrons. The highest BCUT2D eigenvalue weighted by Crippen LogP contribution is 2.21. The van der Waals surface area contributed by atoms with Crippen LogP contribution in [0.2, 0.25) is 0 Å². The normalized spacial score (nSPS) is 18.6. The van der Waals surface area contributed by atoms with Gasteiger partial charge in [0.1, 0.15) is 24.2 Å². The minimum atomic E-state index is -1.72. The van der Waals surface area contributed by atoms with Crippen LogP contribution >= 0.6 is 0 Å². The summed E-state index contributed by atoms with van der Waals surface area (Å²) in [7, 11) is 0. The molecule has 12 N–H and O–H groups in total. The van der Waals surface area contributed by atoms with E-state index in [0.717, 1.165) is 6.92 Å². The number of likely N-dealkylation sites (tertiary alicyclic amines) is 1. The molecule has 0 aliphatic carbocycles. The van der Waals surface area contributed by atoms with Crippen LogP contribution < -0.4 is 38.5 Å². The third kappa shape index (κ3) is 13.0. The second-order valence-electron chi connectivity index (χ2n) is 11.8. The molecule has 17 heteroatoms. The van der Waals surface area contributed by atoms with E-state index < -0.39 is 90.2 Å². The zero-order valence-corrected chi connectivity index (χ0v) is 26.4. The minimum Gasteiger partial charge on any atom is -0.480 e. The summed E-state index contributed by atoms with van der Waals surface area (Å²) in [5.74, 6) is -6.02. The molecule has 0 spiro atoms. The Morgan fingerprint density at radius 3 is 1.98 bits per heavy atom. The number of hydrogen-bond donors (Lipinski definition) is 9. The van der Waals surface area contributed by atoms with Crippen LogP contribution in [0, 0.1) is 5.92 Å². The van der Waals surface area contributed by atoms with Crippen LogP contribution in [-0.4, -0.2) is 112 Å². The van der Waals surface area contributed by atoms with Crippen LogP contribution in [0.15, 0.2) is 0 Å². The fourth-order valence-corrected chi connectivity index (χ4v) is 4.85. The summed E-state index contributed by atoms with van der Waals surface area (Å²) in [6, 6.07) is -7.27. The zero-order chi connectivity index (χ0) is 34.4. The second kappa shape index (κ2) is 18.9. The number of unbranched alkanes of at least 4 members (excludes halogenated alkanes) is 1. The molecule has 45 heavy (non-hydrogen) atoms. The summed E-state index contributed by atoms with van der Waals surface area (Å²) in [5, 5.41) is 28.8. The molecule has 0 aromatic heterocycles. The van der Waals surface area contributed by atoms with E-state index in [1.54, 1.807) is 0 Å². The molecule has 0 saturated carbocycles. The maximum absolute atomic E-state index is 13.8. The van der Waals surface area contributed by atoms with Gasteiger partial charge in [-0.15, -0.1) is 0 Å². The van der Waals surface area contributed by atoms with Crippen LogP contribution in [0.5, 0.6) is 0 Å². The number of nitrogens with zero attached hydrogens (tertiary/aromatic N) is 1. The number of carboxylic acids is 1. The Kier molecular flexibility index (Phi) is 16.4. The number of nitrogens with one attached hydrogen (secondary N) is 4. The number of rotatable bonds is 19. The summed E-state index contributed by atoms with van der Waals surface area (Å²) in [6.45, 7) is 6.87. The average Bonchev–Trinajstić information content (AvgIpc) is 3.43. The summed E-state index contributed by atoms with van der Waals surface area (Å²) >= 11 is 0. The Labute approximate surface area is 262 Å². The number of aliphatic hydroxyl groups is 1. The largest absolute Gasteiger partial charge is 0.480 e. The van der Waals surface area contributed by atoms with E-state index >= 15 is 0 Å². The van der Waals surface area contributed by atoms with Crippen molar-refractivity contribution >= 4 is 41.4 Å². The van der Waals surface area contributed by atoms with Crippen molar-refractivity contribution in [3.05, 3.63) is 0 Å². The van der Waals surface area contributed by atoms with Gasteiger partial charge in [-0.05, 0) is 64.8 Å². The number of nitrogens with two attached hydrogens (primary N) is 3. The molecule has 1 aliphatic heterocycles. The smallest absolute Gasteiger partial charge is 0.328 e. The highest BCUT2D eigenvalue weighted by Gasteiger charge is 2.40. The lowest BCUT2D eigenvalue weighted by molar-refractivity contribution is -0.146. The standard InChI is InChI=1S/C28H50N8O9/c1-14(2)12-18(33-23(39)15(3)30)24(40)32-17(8-5-6-10-29)27(43)36-11-7-9-20(36)26(42)34-19(13-21(31)38)25(41)35-22(16(4)37)28(44)45/h14-20,22,37H,5-13,29-30H2,1-4H3,(H2,31,38)(H,32,40)(H,33,39)(H,34,42)(H,35,41)(H,44,45)/t15-,16+,17-,18-,19-,20-,22-/m0/s1. The van der Waals surface area contributed by atoms with E-state index in [1.165, 1.54) is 11.8 Å². The van der Waals surface area contributed by atoms with Crippen molar-refractivity contribution < 1.29 is 43.8 Å². The average molecular weight is 643 g/mol. The van der Waals surface area contributed by atoms with Gasteiger partial charge in [0.2, 0.25) is 35.4 Å². The van der Waals surface area contributed by atoms with Crippen molar-refractivity contribution in [1.29, 1.82) is 0 Å². The van der Waals surface area contributed by atoms with Gasteiger partial charge in [0.05, 0.1) is 18.6 Å². The first-order valence-electron chi connectivity index (χ1n) is 15.2. The molecule has 7 atom stereocenters. The molecule has 0 unspecified atom stereocenters. The van der Waals surface area contributed by atoms with Gasteiger partial charge < -0.3 is 53.6 Å². The maximum atomic E-state index is 13.8. The van der Waals surface area contributed by atoms with E-state index in [1.807, 2.05) is 13.8 Å². The number of aliphatic carboxylic acids is 1. The molecule has 1 rings (SSSR count). The van der Waals surface area contributed by atoms with Crippen molar-refractivity contribution in [2.24, 2.45) is 23.1 Å². The molecule has 0 aromatic carbocycles. The number of hydrogen-bond acceptors (Lipinski definition) is 10. The molecule has 0 aromatic rings. The van der Waals surface area contributed by atoms with Crippen molar-refractivity contribution in [2.45, 2.75) is 115 Å². The van der Waals surface area contributed by atoms with Gasteiger partial charge in [0.25, 0.3) is 0 Å². The van der Waals surface area contributed by atoms with Gasteiger partial charge in [0, 0.05) is 6.54 Å². The van der Waals surface area contributed by atoms with Crippen LogP contribution in [0.1, 0.15) is 72.6 Å². The molecular formula is C28H50N8O9. The fraction of sp³-hybridized carbons (Fsp3) is 0.750. The van der Waals surface area contributed by atoms with Gasteiger partial charge >= 0.3 is 5.97 Å². The minimum absolute atomic E-state index is 0.0177. The molecular weight excluding hydrogens is 592 g/mol. The lowest BCUT2D eigenvalue weighted by atomic mass is 10.0. The molecule has 6 amide bonds. The summed E-state index contributed by atoms with van der Waals surface area (Å²) in [6.07, 6.45) is -0.0114. The first kappa shape index (κ1) is 39.2. The molecule has 1 saturated heterocycles. The van der Waals surface area contributed by atoms with E-state index in [0.29, 0.717) is 25.8 Å². The monoisotopic (exact) mass is 642 g/mol. The Hall–Kier alpha value is -3.83. The predicted octanol–water partition coefficient (Wildman–Crippen LogP) is -3.22. The van der Waals surface area contributed by atoms with E-state index in [2.05, 4.69) is 21.3 Å².